The number of aromatic amines is 1. The van der Waals surface area contributed by atoms with E-state index in [4.69, 9.17) is 0 Å². The van der Waals surface area contributed by atoms with Crippen LogP contribution in [0.1, 0.15) is 15.9 Å². The number of H-pyrrole nitrogens is 1. The molecule has 92 valence electrons. The third kappa shape index (κ3) is 2.54. The Hall–Kier alpha value is -2.63. The number of aromatic hydroxyl groups is 1. The van der Waals surface area contributed by atoms with E-state index in [1.807, 2.05) is 6.92 Å². The largest absolute Gasteiger partial charge is 0.507 e. The normalized spacial score (nSPS) is 10.1. The van der Waals surface area contributed by atoms with Crippen molar-refractivity contribution in [2.45, 2.75) is 6.92 Å². The van der Waals surface area contributed by atoms with Crippen LogP contribution in [0.15, 0.2) is 35.4 Å². The molecular formula is C12H11N3O3. The van der Waals surface area contributed by atoms with Gasteiger partial charge in [0.25, 0.3) is 11.5 Å². The standard InChI is InChI=1S/C12H11N3O3/c1-7-2-3-13-10(4-7)15-12(18)8-6-14-11(17)5-9(8)16/h2-6H,1H3,(H,13,15,18)(H2,14,16,17). The fourth-order valence-electron chi connectivity index (χ4n) is 1.43. The van der Waals surface area contributed by atoms with E-state index in [0.29, 0.717) is 5.82 Å². The number of nitrogens with zero attached hydrogens (tertiary/aromatic N) is 1. The second-order valence-corrected chi connectivity index (χ2v) is 3.77. The number of carbonyl (C=O) groups is 1. The summed E-state index contributed by atoms with van der Waals surface area (Å²) in [7, 11) is 0. The lowest BCUT2D eigenvalue weighted by atomic mass is 10.2. The Labute approximate surface area is 102 Å². The Morgan fingerprint density at radius 3 is 2.89 bits per heavy atom. The van der Waals surface area contributed by atoms with Crippen LogP contribution in [-0.4, -0.2) is 21.0 Å². The number of hydrogen-bond acceptors (Lipinski definition) is 4. The highest BCUT2D eigenvalue weighted by Crippen LogP contribution is 2.14. The second kappa shape index (κ2) is 4.70. The smallest absolute Gasteiger partial charge is 0.262 e. The van der Waals surface area contributed by atoms with Crippen LogP contribution in [0.3, 0.4) is 0 Å². The number of rotatable bonds is 2. The van der Waals surface area contributed by atoms with Gasteiger partial charge in [-0.1, -0.05) is 0 Å². The quantitative estimate of drug-likeness (QED) is 0.736. The van der Waals surface area contributed by atoms with Crippen molar-refractivity contribution in [1.29, 1.82) is 0 Å². The minimum Gasteiger partial charge on any atom is -0.507 e. The monoisotopic (exact) mass is 245 g/mol. The maximum absolute atomic E-state index is 11.8. The predicted molar refractivity (Wildman–Crippen MR) is 65.7 cm³/mol. The van der Waals surface area contributed by atoms with Crippen molar-refractivity contribution < 1.29 is 9.90 Å². The lowest BCUT2D eigenvalue weighted by molar-refractivity contribution is 0.102. The average molecular weight is 245 g/mol. The van der Waals surface area contributed by atoms with Crippen molar-refractivity contribution in [3.05, 3.63) is 52.1 Å². The topological polar surface area (TPSA) is 95.1 Å². The molecule has 3 N–H and O–H groups in total. The molecule has 0 aromatic carbocycles. The Morgan fingerprint density at radius 1 is 1.44 bits per heavy atom. The molecule has 0 saturated carbocycles. The molecule has 6 nitrogen and oxygen atoms in total. The van der Waals surface area contributed by atoms with Gasteiger partial charge < -0.3 is 15.4 Å². The highest BCUT2D eigenvalue weighted by Gasteiger charge is 2.12. The molecule has 0 radical (unpaired) electrons. The molecule has 1 amide bonds. The minimum atomic E-state index is -0.540. The summed E-state index contributed by atoms with van der Waals surface area (Å²) >= 11 is 0. The summed E-state index contributed by atoms with van der Waals surface area (Å²) in [5, 5.41) is 12.0. The number of amides is 1. The summed E-state index contributed by atoms with van der Waals surface area (Å²) in [6.07, 6.45) is 2.72. The number of aryl methyl sites for hydroxylation is 1. The van der Waals surface area contributed by atoms with Crippen molar-refractivity contribution in [2.24, 2.45) is 0 Å². The number of pyridine rings is 2. The molecule has 0 aliphatic heterocycles. The number of carbonyl (C=O) groups excluding carboxylic acids is 1. The fourth-order valence-corrected chi connectivity index (χ4v) is 1.43. The van der Waals surface area contributed by atoms with Gasteiger partial charge >= 0.3 is 0 Å². The van der Waals surface area contributed by atoms with Gasteiger partial charge in [0.2, 0.25) is 0 Å². The van der Waals surface area contributed by atoms with Crippen LogP contribution >= 0.6 is 0 Å². The van der Waals surface area contributed by atoms with Gasteiger partial charge in [-0.3, -0.25) is 9.59 Å². The van der Waals surface area contributed by atoms with Crippen LogP contribution in [0.4, 0.5) is 5.82 Å². The number of anilines is 1. The number of aromatic nitrogens is 2. The van der Waals surface area contributed by atoms with Crippen molar-refractivity contribution in [1.82, 2.24) is 9.97 Å². The van der Waals surface area contributed by atoms with Crippen molar-refractivity contribution in [3.8, 4) is 5.75 Å². The molecule has 18 heavy (non-hydrogen) atoms. The van der Waals surface area contributed by atoms with Crippen LogP contribution in [0.5, 0.6) is 5.75 Å². The van der Waals surface area contributed by atoms with Crippen LogP contribution in [-0.2, 0) is 0 Å². The van der Waals surface area contributed by atoms with E-state index in [9.17, 15) is 14.7 Å². The highest BCUT2D eigenvalue weighted by molar-refractivity contribution is 6.05. The van der Waals surface area contributed by atoms with Gasteiger partial charge in [0, 0.05) is 18.5 Å². The van der Waals surface area contributed by atoms with E-state index in [1.54, 1.807) is 18.3 Å². The molecule has 0 atom stereocenters. The summed E-state index contributed by atoms with van der Waals surface area (Å²) in [6.45, 7) is 1.87. The predicted octanol–water partition coefficient (Wildman–Crippen LogP) is 1.04. The molecule has 2 aromatic heterocycles. The zero-order valence-electron chi connectivity index (χ0n) is 9.60. The van der Waals surface area contributed by atoms with Crippen LogP contribution in [0.25, 0.3) is 0 Å². The summed E-state index contributed by atoms with van der Waals surface area (Å²) in [4.78, 5) is 29.0. The van der Waals surface area contributed by atoms with Crippen molar-refractivity contribution >= 4 is 11.7 Å². The first kappa shape index (κ1) is 11.8. The number of nitrogens with one attached hydrogen (secondary N) is 2. The van der Waals surface area contributed by atoms with E-state index >= 15 is 0 Å². The molecule has 0 spiro atoms. The zero-order valence-corrected chi connectivity index (χ0v) is 9.60. The van der Waals surface area contributed by atoms with Gasteiger partial charge in [-0.2, -0.15) is 0 Å². The lowest BCUT2D eigenvalue weighted by Gasteiger charge is -2.05. The Kier molecular flexibility index (Phi) is 3.09. The van der Waals surface area contributed by atoms with Crippen LogP contribution in [0, 0.1) is 6.92 Å². The first-order valence-electron chi connectivity index (χ1n) is 5.22. The molecule has 2 heterocycles. The molecular weight excluding hydrogens is 234 g/mol. The van der Waals surface area contributed by atoms with Gasteiger partial charge in [0.05, 0.1) is 5.56 Å². The van der Waals surface area contributed by atoms with E-state index in [0.717, 1.165) is 17.8 Å². The third-order valence-corrected chi connectivity index (χ3v) is 2.30. The highest BCUT2D eigenvalue weighted by atomic mass is 16.3. The number of hydrogen-bond donors (Lipinski definition) is 3. The molecule has 0 saturated heterocycles. The first-order valence-corrected chi connectivity index (χ1v) is 5.22. The molecule has 0 bridgehead atoms. The van der Waals surface area contributed by atoms with Crippen molar-refractivity contribution in [2.75, 3.05) is 5.32 Å². The first-order chi connectivity index (χ1) is 8.56. The summed E-state index contributed by atoms with van der Waals surface area (Å²) in [5.41, 5.74) is 0.460. The lowest BCUT2D eigenvalue weighted by Crippen LogP contribution is -2.15. The maximum atomic E-state index is 11.8. The fraction of sp³-hybridized carbons (Fsp3) is 0.0833. The third-order valence-electron chi connectivity index (χ3n) is 2.30. The summed E-state index contributed by atoms with van der Waals surface area (Å²) < 4.78 is 0. The molecule has 0 fully saturated rings. The van der Waals surface area contributed by atoms with Gasteiger partial charge in [-0.15, -0.1) is 0 Å². The Morgan fingerprint density at radius 2 is 2.22 bits per heavy atom. The van der Waals surface area contributed by atoms with Crippen LogP contribution in [0.2, 0.25) is 0 Å². The molecule has 2 aromatic rings. The molecule has 6 heteroatoms. The van der Waals surface area contributed by atoms with Gasteiger partial charge in [0.15, 0.2) is 0 Å². The molecule has 0 aliphatic rings. The molecule has 0 aliphatic carbocycles. The SMILES string of the molecule is Cc1ccnc(NC(=O)c2c[nH]c(=O)cc2O)c1. The van der Waals surface area contributed by atoms with E-state index < -0.39 is 11.5 Å². The Bertz CT molecular complexity index is 649. The zero-order chi connectivity index (χ0) is 13.1. The van der Waals surface area contributed by atoms with Gasteiger partial charge in [-0.25, -0.2) is 4.98 Å². The van der Waals surface area contributed by atoms with E-state index in [2.05, 4.69) is 15.3 Å². The summed E-state index contributed by atoms with van der Waals surface area (Å²) in [6, 6.07) is 4.44. The summed E-state index contributed by atoms with van der Waals surface area (Å²) in [5.74, 6) is -0.531. The maximum Gasteiger partial charge on any atom is 0.262 e. The Balaban J connectivity index is 2.25. The van der Waals surface area contributed by atoms with Crippen LogP contribution < -0.4 is 10.9 Å². The molecule has 2 rings (SSSR count). The van der Waals surface area contributed by atoms with Gasteiger partial charge in [0.1, 0.15) is 11.6 Å². The van der Waals surface area contributed by atoms with Crippen molar-refractivity contribution in [3.63, 3.8) is 0 Å². The van der Waals surface area contributed by atoms with E-state index in [-0.39, 0.29) is 11.3 Å². The average Bonchev–Trinajstić information content (AvgIpc) is 2.28. The van der Waals surface area contributed by atoms with Gasteiger partial charge in [-0.05, 0) is 24.6 Å². The van der Waals surface area contributed by atoms with E-state index in [1.165, 1.54) is 0 Å². The molecule has 0 unspecified atom stereocenters. The minimum absolute atomic E-state index is 0.0158. The second-order valence-electron chi connectivity index (χ2n) is 3.77.